The van der Waals surface area contributed by atoms with Gasteiger partial charge in [-0.3, -0.25) is 14.5 Å². The summed E-state index contributed by atoms with van der Waals surface area (Å²) in [5.74, 6) is -3.90. The van der Waals surface area contributed by atoms with Gasteiger partial charge in [-0.2, -0.15) is 0 Å². The molecular weight excluding hydrogens is 573 g/mol. The third kappa shape index (κ3) is 6.04. The molecule has 44 heavy (non-hydrogen) atoms. The molecule has 3 aliphatic rings. The summed E-state index contributed by atoms with van der Waals surface area (Å²) < 4.78 is 49.5. The number of morpholine rings is 1. The molecule has 1 aromatic heterocycles. The second-order valence-corrected chi connectivity index (χ2v) is 10.9. The number of aromatic nitrogens is 1. The summed E-state index contributed by atoms with van der Waals surface area (Å²) in [5, 5.41) is 13.4. The van der Waals surface area contributed by atoms with Gasteiger partial charge in [0.15, 0.2) is 11.6 Å². The number of ether oxygens (including phenoxy) is 1. The first-order valence-electron chi connectivity index (χ1n) is 15.0. The SMILES string of the molecule is CC.Cc1c(/C=C2\C(=O)Nc3ccc(F)c(-c4cccc(F)c4F)c32)[nH]c2c1C(=O)N(CC(O)CN1CCOCC1)CCC2. The average Bonchev–Trinajstić information content (AvgIpc) is 3.44. The molecule has 1 unspecified atom stereocenters. The number of aliphatic hydroxyl groups is 1. The van der Waals surface area contributed by atoms with Crippen molar-refractivity contribution < 1.29 is 32.6 Å². The highest BCUT2D eigenvalue weighted by atomic mass is 19.2. The van der Waals surface area contributed by atoms with E-state index in [1.807, 2.05) is 13.8 Å². The molecule has 234 valence electrons. The predicted octanol–water partition coefficient (Wildman–Crippen LogP) is 5.01. The van der Waals surface area contributed by atoms with E-state index in [1.54, 1.807) is 11.8 Å². The van der Waals surface area contributed by atoms with Crippen LogP contribution in [0.15, 0.2) is 30.3 Å². The molecule has 11 heteroatoms. The predicted molar refractivity (Wildman–Crippen MR) is 163 cm³/mol. The monoisotopic (exact) mass is 610 g/mol. The first-order valence-corrected chi connectivity index (χ1v) is 15.0. The number of carbonyl (C=O) groups is 2. The molecule has 2 aromatic carbocycles. The van der Waals surface area contributed by atoms with E-state index in [0.29, 0.717) is 61.7 Å². The summed E-state index contributed by atoms with van der Waals surface area (Å²) >= 11 is 0. The van der Waals surface area contributed by atoms with Crippen molar-refractivity contribution in [3.05, 3.63) is 75.9 Å². The van der Waals surface area contributed by atoms with Crippen LogP contribution in [0.1, 0.15) is 53.1 Å². The molecule has 8 nitrogen and oxygen atoms in total. The summed E-state index contributed by atoms with van der Waals surface area (Å²) in [4.78, 5) is 33.8. The van der Waals surface area contributed by atoms with Crippen LogP contribution in [0, 0.1) is 24.4 Å². The Bertz CT molecular complexity index is 1600. The number of aromatic amines is 1. The molecule has 0 aliphatic carbocycles. The molecule has 3 N–H and O–H groups in total. The number of carbonyl (C=O) groups excluding carboxylic acids is 2. The number of rotatable bonds is 6. The molecule has 6 rings (SSSR count). The summed E-state index contributed by atoms with van der Waals surface area (Å²) in [6.45, 7) is 9.60. The summed E-state index contributed by atoms with van der Waals surface area (Å²) in [7, 11) is 0. The third-order valence-corrected chi connectivity index (χ3v) is 8.15. The van der Waals surface area contributed by atoms with Gasteiger partial charge in [-0.1, -0.05) is 26.0 Å². The Morgan fingerprint density at radius 2 is 1.73 bits per heavy atom. The van der Waals surface area contributed by atoms with Crippen LogP contribution < -0.4 is 5.32 Å². The van der Waals surface area contributed by atoms with E-state index >= 15 is 4.39 Å². The Morgan fingerprint density at radius 3 is 2.48 bits per heavy atom. The normalized spacial score (nSPS) is 18.3. The number of H-pyrrole nitrogens is 1. The van der Waals surface area contributed by atoms with Gasteiger partial charge in [0.1, 0.15) is 5.82 Å². The first kappa shape index (κ1) is 31.5. The van der Waals surface area contributed by atoms with Crippen molar-refractivity contribution >= 4 is 29.2 Å². The fourth-order valence-electron chi connectivity index (χ4n) is 6.08. The van der Waals surface area contributed by atoms with Crippen molar-refractivity contribution in [1.29, 1.82) is 0 Å². The maximum absolute atomic E-state index is 15.2. The van der Waals surface area contributed by atoms with Crippen LogP contribution in [0.2, 0.25) is 0 Å². The Labute approximate surface area is 254 Å². The van der Waals surface area contributed by atoms with Crippen molar-refractivity contribution in [2.45, 2.75) is 39.7 Å². The Kier molecular flexibility index (Phi) is 9.57. The van der Waals surface area contributed by atoms with Gasteiger partial charge in [0.05, 0.1) is 30.5 Å². The zero-order valence-corrected chi connectivity index (χ0v) is 25.1. The fraction of sp³-hybridized carbons (Fsp3) is 0.394. The molecule has 1 saturated heterocycles. The number of nitrogens with one attached hydrogen (secondary N) is 2. The second-order valence-electron chi connectivity index (χ2n) is 10.9. The Morgan fingerprint density at radius 1 is 0.977 bits per heavy atom. The number of anilines is 1. The van der Waals surface area contributed by atoms with Crippen molar-refractivity contribution in [3.63, 3.8) is 0 Å². The quantitative estimate of drug-likeness (QED) is 0.341. The number of aliphatic hydroxyl groups excluding tert-OH is 1. The Balaban J connectivity index is 0.00000188. The molecular formula is C33H37F3N4O4. The maximum atomic E-state index is 15.2. The first-order chi connectivity index (χ1) is 21.2. The molecule has 3 aromatic rings. The largest absolute Gasteiger partial charge is 0.390 e. The van der Waals surface area contributed by atoms with E-state index in [-0.39, 0.29) is 40.4 Å². The van der Waals surface area contributed by atoms with Gasteiger partial charge in [-0.05, 0) is 49.6 Å². The van der Waals surface area contributed by atoms with Gasteiger partial charge >= 0.3 is 0 Å². The minimum Gasteiger partial charge on any atom is -0.390 e. The highest BCUT2D eigenvalue weighted by Gasteiger charge is 2.33. The molecule has 2 amide bonds. The van der Waals surface area contributed by atoms with E-state index in [9.17, 15) is 23.5 Å². The second kappa shape index (κ2) is 13.4. The summed E-state index contributed by atoms with van der Waals surface area (Å²) in [6.07, 6.45) is 2.06. The number of halogens is 3. The maximum Gasteiger partial charge on any atom is 0.256 e. The smallest absolute Gasteiger partial charge is 0.256 e. The van der Waals surface area contributed by atoms with Gasteiger partial charge < -0.3 is 25.0 Å². The number of benzene rings is 2. The number of hydrogen-bond donors (Lipinski definition) is 3. The van der Waals surface area contributed by atoms with Gasteiger partial charge in [-0.25, -0.2) is 13.2 Å². The lowest BCUT2D eigenvalue weighted by Gasteiger charge is -2.31. The number of aryl methyl sites for hydroxylation is 1. The van der Waals surface area contributed by atoms with Crippen molar-refractivity contribution in [2.75, 3.05) is 51.3 Å². The van der Waals surface area contributed by atoms with Gasteiger partial charge in [-0.15, -0.1) is 0 Å². The number of nitrogens with zero attached hydrogens (tertiary/aromatic N) is 2. The van der Waals surface area contributed by atoms with E-state index < -0.39 is 29.5 Å². The minimum absolute atomic E-state index is 0.0629. The van der Waals surface area contributed by atoms with Gasteiger partial charge in [0.25, 0.3) is 11.8 Å². The van der Waals surface area contributed by atoms with E-state index in [0.717, 1.165) is 25.2 Å². The summed E-state index contributed by atoms with van der Waals surface area (Å²) in [6, 6.07) is 5.97. The fourth-order valence-corrected chi connectivity index (χ4v) is 6.08. The molecule has 3 aliphatic heterocycles. The number of amides is 2. The lowest BCUT2D eigenvalue weighted by molar-refractivity contribution is -0.110. The lowest BCUT2D eigenvalue weighted by Crippen LogP contribution is -2.46. The standard InChI is InChI=1S/C31H31F3N4O4.C2H6/c1-17-25(35-23-6-3-9-38(31(41)26(17)23)16-18(39)15-37-10-12-42-13-11-37)14-20-28-24(36-30(20)40)8-7-21(32)27(28)19-4-2-5-22(33)29(19)34;1-2/h2,4-5,7-8,14,18,35,39H,3,6,9-13,15-16H2,1H3,(H,36,40);1-2H3/b20-14-;. The molecule has 4 heterocycles. The summed E-state index contributed by atoms with van der Waals surface area (Å²) in [5.41, 5.74) is 2.21. The highest BCUT2D eigenvalue weighted by molar-refractivity contribution is 6.36. The zero-order valence-electron chi connectivity index (χ0n) is 25.1. The highest BCUT2D eigenvalue weighted by Crippen LogP contribution is 2.43. The van der Waals surface area contributed by atoms with E-state index in [4.69, 9.17) is 4.74 Å². The molecule has 1 atom stereocenters. The number of hydrogen-bond acceptors (Lipinski definition) is 5. The average molecular weight is 611 g/mol. The number of β-amino-alcohol motifs (C(OH)–C–C–N with tert-alkyl or cyclic N) is 1. The van der Waals surface area contributed by atoms with Crippen LogP contribution in [-0.2, 0) is 16.0 Å². The Hall–Kier alpha value is -3.93. The van der Waals surface area contributed by atoms with Gasteiger partial charge in [0.2, 0.25) is 0 Å². The van der Waals surface area contributed by atoms with Crippen LogP contribution in [-0.4, -0.2) is 83.7 Å². The third-order valence-electron chi connectivity index (χ3n) is 8.15. The van der Waals surface area contributed by atoms with Crippen LogP contribution in [0.3, 0.4) is 0 Å². The molecule has 0 bridgehead atoms. The van der Waals surface area contributed by atoms with Crippen LogP contribution in [0.4, 0.5) is 18.9 Å². The van der Waals surface area contributed by atoms with E-state index in [1.165, 1.54) is 24.3 Å². The molecule has 1 fully saturated rings. The van der Waals surface area contributed by atoms with Crippen molar-refractivity contribution in [1.82, 2.24) is 14.8 Å². The molecule has 0 radical (unpaired) electrons. The zero-order chi connectivity index (χ0) is 31.5. The topological polar surface area (TPSA) is 97.9 Å². The van der Waals surface area contributed by atoms with Crippen LogP contribution >= 0.6 is 0 Å². The lowest BCUT2D eigenvalue weighted by atomic mass is 9.93. The van der Waals surface area contributed by atoms with Crippen molar-refractivity contribution in [2.24, 2.45) is 0 Å². The van der Waals surface area contributed by atoms with Gasteiger partial charge in [0, 0.05) is 66.5 Å². The van der Waals surface area contributed by atoms with Crippen molar-refractivity contribution in [3.8, 4) is 11.1 Å². The van der Waals surface area contributed by atoms with E-state index in [2.05, 4.69) is 15.2 Å². The van der Waals surface area contributed by atoms with Crippen LogP contribution in [0.5, 0.6) is 0 Å². The van der Waals surface area contributed by atoms with Crippen LogP contribution in [0.25, 0.3) is 22.8 Å². The minimum atomic E-state index is -1.22. The molecule has 0 spiro atoms. The number of fused-ring (bicyclic) bond motifs is 2. The molecule has 0 saturated carbocycles.